The Morgan fingerprint density at radius 3 is 2.33 bits per heavy atom. The van der Waals surface area contributed by atoms with Crippen molar-refractivity contribution in [1.29, 1.82) is 0 Å². The number of amides is 3. The Hall–Kier alpha value is -3.55. The number of rotatable bonds is 7. The summed E-state index contributed by atoms with van der Waals surface area (Å²) in [6.45, 7) is 4.70. The van der Waals surface area contributed by atoms with E-state index >= 15 is 0 Å². The molecule has 160 valence electrons. The van der Waals surface area contributed by atoms with Crippen molar-refractivity contribution in [2.75, 3.05) is 30.4 Å². The molecule has 0 atom stereocenters. The summed E-state index contributed by atoms with van der Waals surface area (Å²) in [6, 6.07) is 15.0. The van der Waals surface area contributed by atoms with Crippen LogP contribution in [0, 0.1) is 0 Å². The van der Waals surface area contributed by atoms with E-state index in [1.165, 1.54) is 12.0 Å². The van der Waals surface area contributed by atoms with Gasteiger partial charge in [0.1, 0.15) is 17.9 Å². The van der Waals surface area contributed by atoms with Crippen LogP contribution in [0.4, 0.5) is 16.2 Å². The van der Waals surface area contributed by atoms with Crippen LogP contribution in [0.25, 0.3) is 0 Å². The average Bonchev–Trinajstić information content (AvgIpc) is 2.69. The lowest BCUT2D eigenvalue weighted by atomic mass is 10.2. The van der Waals surface area contributed by atoms with Crippen LogP contribution in [0.3, 0.4) is 0 Å². The van der Waals surface area contributed by atoms with Crippen LogP contribution >= 0.6 is 0 Å². The third-order valence-electron chi connectivity index (χ3n) is 3.80. The first kappa shape index (κ1) is 22.7. The fourth-order valence-corrected chi connectivity index (χ4v) is 2.56. The molecule has 0 heterocycles. The van der Waals surface area contributed by atoms with Crippen molar-refractivity contribution in [3.63, 3.8) is 0 Å². The van der Waals surface area contributed by atoms with Gasteiger partial charge >= 0.3 is 12.0 Å². The van der Waals surface area contributed by atoms with E-state index in [0.717, 1.165) is 0 Å². The number of para-hydroxylation sites is 1. The predicted molar refractivity (Wildman–Crippen MR) is 115 cm³/mol. The number of carbonyl (C=O) groups is 3. The maximum Gasteiger partial charge on any atom is 0.326 e. The van der Waals surface area contributed by atoms with Crippen molar-refractivity contribution in [3.8, 4) is 5.75 Å². The lowest BCUT2D eigenvalue weighted by Crippen LogP contribution is -2.45. The van der Waals surface area contributed by atoms with Gasteiger partial charge < -0.3 is 20.1 Å². The van der Waals surface area contributed by atoms with E-state index in [2.05, 4.69) is 10.6 Å². The Bertz CT molecular complexity index is 878. The van der Waals surface area contributed by atoms with Gasteiger partial charge in [-0.2, -0.15) is 0 Å². The molecule has 0 saturated carbocycles. The van der Waals surface area contributed by atoms with Crippen LogP contribution in [0.15, 0.2) is 54.6 Å². The molecule has 3 amide bonds. The number of ether oxygens (including phenoxy) is 2. The third-order valence-corrected chi connectivity index (χ3v) is 3.80. The van der Waals surface area contributed by atoms with Crippen LogP contribution in [-0.4, -0.2) is 43.7 Å². The molecule has 30 heavy (non-hydrogen) atoms. The molecule has 0 radical (unpaired) electrons. The lowest BCUT2D eigenvalue weighted by molar-refractivity contribution is -0.153. The van der Waals surface area contributed by atoms with Crippen LogP contribution in [0.5, 0.6) is 5.75 Å². The molecule has 2 N–H and O–H groups in total. The van der Waals surface area contributed by atoms with E-state index in [-0.39, 0.29) is 13.1 Å². The van der Waals surface area contributed by atoms with Crippen molar-refractivity contribution in [1.82, 2.24) is 5.32 Å². The average molecular weight is 413 g/mol. The second-order valence-corrected chi connectivity index (χ2v) is 7.44. The molecular weight excluding hydrogens is 386 g/mol. The maximum absolute atomic E-state index is 12.8. The quantitative estimate of drug-likeness (QED) is 0.680. The van der Waals surface area contributed by atoms with E-state index in [1.807, 2.05) is 0 Å². The van der Waals surface area contributed by atoms with Gasteiger partial charge in [0.25, 0.3) is 0 Å². The molecule has 2 aromatic carbocycles. The number of esters is 1. The minimum Gasteiger partial charge on any atom is -0.497 e. The molecule has 0 spiro atoms. The molecule has 0 aliphatic heterocycles. The summed E-state index contributed by atoms with van der Waals surface area (Å²) in [6.07, 6.45) is 0. The number of nitrogens with zero attached hydrogens (tertiary/aromatic N) is 1. The number of methoxy groups -OCH3 is 1. The van der Waals surface area contributed by atoms with Gasteiger partial charge in [0.05, 0.1) is 13.7 Å². The van der Waals surface area contributed by atoms with Gasteiger partial charge in [-0.1, -0.05) is 24.3 Å². The lowest BCUT2D eigenvalue weighted by Gasteiger charge is -2.25. The van der Waals surface area contributed by atoms with E-state index < -0.39 is 23.5 Å². The fourth-order valence-electron chi connectivity index (χ4n) is 2.56. The van der Waals surface area contributed by atoms with E-state index in [9.17, 15) is 14.4 Å². The normalized spacial score (nSPS) is 10.7. The largest absolute Gasteiger partial charge is 0.497 e. The minimum absolute atomic E-state index is 0.265. The Balaban J connectivity index is 2.01. The first-order valence-corrected chi connectivity index (χ1v) is 9.44. The highest BCUT2D eigenvalue weighted by molar-refractivity contribution is 6.01. The highest BCUT2D eigenvalue weighted by Gasteiger charge is 2.23. The van der Waals surface area contributed by atoms with Crippen molar-refractivity contribution in [3.05, 3.63) is 54.6 Å². The molecule has 0 bridgehead atoms. The summed E-state index contributed by atoms with van der Waals surface area (Å²) < 4.78 is 10.4. The van der Waals surface area contributed by atoms with E-state index in [4.69, 9.17) is 9.47 Å². The number of carbonyl (C=O) groups excluding carboxylic acids is 3. The van der Waals surface area contributed by atoms with Crippen molar-refractivity contribution in [2.24, 2.45) is 0 Å². The second-order valence-electron chi connectivity index (χ2n) is 7.44. The second kappa shape index (κ2) is 10.3. The van der Waals surface area contributed by atoms with Gasteiger partial charge in [0, 0.05) is 17.4 Å². The standard InChI is InChI=1S/C22H27N3O5/c1-22(2,3)30-20(27)15-25(17-10-6-5-7-11-17)19(26)14-23-21(28)24-16-9-8-12-18(13-16)29-4/h5-13H,14-15H2,1-4H3,(H2,23,24,28). The number of nitrogens with one attached hydrogen (secondary N) is 2. The molecular formula is C22H27N3O5. The molecule has 2 aromatic rings. The van der Waals surface area contributed by atoms with Crippen LogP contribution < -0.4 is 20.3 Å². The molecule has 0 unspecified atom stereocenters. The molecule has 8 nitrogen and oxygen atoms in total. The van der Waals surface area contributed by atoms with E-state index in [1.54, 1.807) is 75.4 Å². The van der Waals surface area contributed by atoms with Crippen molar-refractivity contribution < 1.29 is 23.9 Å². The van der Waals surface area contributed by atoms with Gasteiger partial charge in [0.15, 0.2) is 0 Å². The molecule has 0 aliphatic rings. The Labute approximate surface area is 176 Å². The number of urea groups is 1. The fraction of sp³-hybridized carbons (Fsp3) is 0.318. The first-order chi connectivity index (χ1) is 14.2. The van der Waals surface area contributed by atoms with Crippen LogP contribution in [0.2, 0.25) is 0 Å². The molecule has 0 saturated heterocycles. The summed E-state index contributed by atoms with van der Waals surface area (Å²) >= 11 is 0. The van der Waals surface area contributed by atoms with Gasteiger partial charge in [0.2, 0.25) is 5.91 Å². The summed E-state index contributed by atoms with van der Waals surface area (Å²) in [5, 5.41) is 5.14. The number of hydrogen-bond donors (Lipinski definition) is 2. The highest BCUT2D eigenvalue weighted by Crippen LogP contribution is 2.17. The summed E-state index contributed by atoms with van der Waals surface area (Å²) in [5.41, 5.74) is 0.383. The molecule has 8 heteroatoms. The van der Waals surface area contributed by atoms with Gasteiger partial charge in [-0.05, 0) is 45.0 Å². The Morgan fingerprint density at radius 1 is 1.00 bits per heavy atom. The topological polar surface area (TPSA) is 97.0 Å². The summed E-state index contributed by atoms with van der Waals surface area (Å²) in [5.74, 6) is -0.398. The zero-order valence-electron chi connectivity index (χ0n) is 17.6. The van der Waals surface area contributed by atoms with Crippen LogP contribution in [-0.2, 0) is 14.3 Å². The van der Waals surface area contributed by atoms with Crippen LogP contribution in [0.1, 0.15) is 20.8 Å². The zero-order valence-corrected chi connectivity index (χ0v) is 17.6. The number of anilines is 2. The third kappa shape index (κ3) is 7.46. The van der Waals surface area contributed by atoms with Gasteiger partial charge in [-0.3, -0.25) is 14.5 Å². The highest BCUT2D eigenvalue weighted by atomic mass is 16.6. The maximum atomic E-state index is 12.8. The number of hydrogen-bond acceptors (Lipinski definition) is 5. The summed E-state index contributed by atoms with van der Waals surface area (Å²) in [4.78, 5) is 38.5. The minimum atomic E-state index is -0.669. The smallest absolute Gasteiger partial charge is 0.326 e. The van der Waals surface area contributed by atoms with Gasteiger partial charge in [-0.15, -0.1) is 0 Å². The molecule has 0 aliphatic carbocycles. The number of benzene rings is 2. The summed E-state index contributed by atoms with van der Waals surface area (Å²) in [7, 11) is 1.53. The van der Waals surface area contributed by atoms with Crippen molar-refractivity contribution in [2.45, 2.75) is 26.4 Å². The first-order valence-electron chi connectivity index (χ1n) is 9.44. The molecule has 2 rings (SSSR count). The Kier molecular flexibility index (Phi) is 7.80. The van der Waals surface area contributed by atoms with Gasteiger partial charge in [-0.25, -0.2) is 4.79 Å². The SMILES string of the molecule is COc1cccc(NC(=O)NCC(=O)N(CC(=O)OC(C)(C)C)c2ccccc2)c1. The van der Waals surface area contributed by atoms with Crippen molar-refractivity contribution >= 4 is 29.3 Å². The Morgan fingerprint density at radius 2 is 1.70 bits per heavy atom. The monoisotopic (exact) mass is 413 g/mol. The zero-order chi connectivity index (χ0) is 22.1. The molecule has 0 aromatic heterocycles. The van der Waals surface area contributed by atoms with E-state index in [0.29, 0.717) is 17.1 Å². The predicted octanol–water partition coefficient (Wildman–Crippen LogP) is 3.19. The molecule has 0 fully saturated rings.